The first-order valence-corrected chi connectivity index (χ1v) is 4.65. The van der Waals surface area contributed by atoms with Crippen molar-refractivity contribution in [2.75, 3.05) is 6.54 Å². The molecule has 0 aliphatic carbocycles. The molecule has 1 aliphatic heterocycles. The second-order valence-corrected chi connectivity index (χ2v) is 3.75. The van der Waals surface area contributed by atoms with E-state index in [9.17, 15) is 0 Å². The van der Waals surface area contributed by atoms with E-state index in [0.717, 1.165) is 18.1 Å². The summed E-state index contributed by atoms with van der Waals surface area (Å²) in [5, 5.41) is 4.24. The third-order valence-electron chi connectivity index (χ3n) is 2.44. The van der Waals surface area contributed by atoms with E-state index >= 15 is 0 Å². The van der Waals surface area contributed by atoms with Crippen molar-refractivity contribution in [1.82, 2.24) is 5.32 Å². The monoisotopic (exact) mass is 181 g/mol. The summed E-state index contributed by atoms with van der Waals surface area (Å²) in [7, 11) is 0. The lowest BCUT2D eigenvalue weighted by Crippen LogP contribution is -2.26. The topological polar surface area (TPSA) is 12.0 Å². The van der Waals surface area contributed by atoms with Gasteiger partial charge in [-0.1, -0.05) is 30.7 Å². The van der Waals surface area contributed by atoms with Crippen LogP contribution >= 0.6 is 11.6 Å². The zero-order valence-electron chi connectivity index (χ0n) is 7.10. The molecule has 12 heavy (non-hydrogen) atoms. The Morgan fingerprint density at radius 3 is 3.08 bits per heavy atom. The highest BCUT2D eigenvalue weighted by molar-refractivity contribution is 6.31. The van der Waals surface area contributed by atoms with Gasteiger partial charge in [0.1, 0.15) is 0 Å². The zero-order chi connectivity index (χ0) is 8.55. The maximum absolute atomic E-state index is 6.07. The Kier molecular flexibility index (Phi) is 2.07. The van der Waals surface area contributed by atoms with E-state index in [0.29, 0.717) is 5.92 Å². The van der Waals surface area contributed by atoms with Crippen LogP contribution in [0.1, 0.15) is 24.0 Å². The zero-order valence-corrected chi connectivity index (χ0v) is 7.86. The van der Waals surface area contributed by atoms with Crippen LogP contribution in [0.3, 0.4) is 0 Å². The Bertz CT molecular complexity index is 296. The molecular formula is C10H12ClN. The summed E-state index contributed by atoms with van der Waals surface area (Å²) in [5.41, 5.74) is 2.68. The van der Waals surface area contributed by atoms with Crippen LogP contribution in [-0.4, -0.2) is 6.54 Å². The molecule has 2 rings (SSSR count). The molecule has 64 valence electrons. The van der Waals surface area contributed by atoms with Crippen molar-refractivity contribution in [3.05, 3.63) is 34.3 Å². The van der Waals surface area contributed by atoms with Crippen LogP contribution in [0.5, 0.6) is 0 Å². The van der Waals surface area contributed by atoms with E-state index in [4.69, 9.17) is 11.6 Å². The maximum Gasteiger partial charge on any atom is 0.0453 e. The Labute approximate surface area is 77.7 Å². The van der Waals surface area contributed by atoms with Gasteiger partial charge in [-0.3, -0.25) is 0 Å². The molecule has 1 N–H and O–H groups in total. The van der Waals surface area contributed by atoms with Crippen molar-refractivity contribution in [1.29, 1.82) is 0 Å². The van der Waals surface area contributed by atoms with Crippen LogP contribution in [0.4, 0.5) is 0 Å². The van der Waals surface area contributed by atoms with Crippen LogP contribution in [0, 0.1) is 0 Å². The molecule has 1 atom stereocenters. The van der Waals surface area contributed by atoms with Gasteiger partial charge in [-0.15, -0.1) is 0 Å². The molecule has 0 aromatic heterocycles. The minimum Gasteiger partial charge on any atom is -0.312 e. The Balaban J connectivity index is 2.52. The van der Waals surface area contributed by atoms with Crippen LogP contribution in [0.2, 0.25) is 5.02 Å². The van der Waals surface area contributed by atoms with Crippen molar-refractivity contribution in [2.24, 2.45) is 0 Å². The van der Waals surface area contributed by atoms with Gasteiger partial charge in [-0.05, 0) is 23.1 Å². The van der Waals surface area contributed by atoms with Gasteiger partial charge in [-0.2, -0.15) is 0 Å². The van der Waals surface area contributed by atoms with Crippen LogP contribution in [0.25, 0.3) is 0 Å². The lowest BCUT2D eigenvalue weighted by Gasteiger charge is -2.23. The molecule has 1 heterocycles. The summed E-state index contributed by atoms with van der Waals surface area (Å²) in [6.45, 7) is 4.20. The van der Waals surface area contributed by atoms with Crippen molar-refractivity contribution in [3.8, 4) is 0 Å². The Hall–Kier alpha value is -0.530. The standard InChI is InChI=1S/C10H12ClN/c1-7-5-12-6-9-8(7)3-2-4-10(9)11/h2-4,7,12H,5-6H2,1H3. The van der Waals surface area contributed by atoms with E-state index in [-0.39, 0.29) is 0 Å². The number of hydrogen-bond donors (Lipinski definition) is 1. The van der Waals surface area contributed by atoms with Gasteiger partial charge in [0.2, 0.25) is 0 Å². The highest BCUT2D eigenvalue weighted by Crippen LogP contribution is 2.28. The fourth-order valence-corrected chi connectivity index (χ4v) is 2.00. The molecule has 0 fully saturated rings. The number of halogens is 1. The number of hydrogen-bond acceptors (Lipinski definition) is 1. The van der Waals surface area contributed by atoms with Crippen LogP contribution in [-0.2, 0) is 6.54 Å². The Morgan fingerprint density at radius 2 is 2.33 bits per heavy atom. The third-order valence-corrected chi connectivity index (χ3v) is 2.79. The SMILES string of the molecule is CC1CNCc2c(Cl)cccc21. The van der Waals surface area contributed by atoms with Crippen molar-refractivity contribution in [2.45, 2.75) is 19.4 Å². The molecule has 0 saturated carbocycles. The number of benzene rings is 1. The predicted octanol–water partition coefficient (Wildman–Crippen LogP) is 2.55. The number of nitrogens with one attached hydrogen (secondary N) is 1. The summed E-state index contributed by atoms with van der Waals surface area (Å²) in [6, 6.07) is 6.16. The molecule has 0 amide bonds. The minimum atomic E-state index is 0.590. The molecule has 0 bridgehead atoms. The number of rotatable bonds is 0. The smallest absolute Gasteiger partial charge is 0.0453 e. The van der Waals surface area contributed by atoms with Gasteiger partial charge in [0, 0.05) is 18.1 Å². The van der Waals surface area contributed by atoms with Gasteiger partial charge in [0.25, 0.3) is 0 Å². The molecule has 0 spiro atoms. The summed E-state index contributed by atoms with van der Waals surface area (Å²) in [5.74, 6) is 0.590. The summed E-state index contributed by atoms with van der Waals surface area (Å²) < 4.78 is 0. The van der Waals surface area contributed by atoms with E-state index < -0.39 is 0 Å². The first kappa shape index (κ1) is 8.09. The van der Waals surface area contributed by atoms with Crippen LogP contribution < -0.4 is 5.32 Å². The lowest BCUT2D eigenvalue weighted by atomic mass is 9.92. The first-order chi connectivity index (χ1) is 5.79. The largest absolute Gasteiger partial charge is 0.312 e. The summed E-state index contributed by atoms with van der Waals surface area (Å²) >= 11 is 6.07. The van der Waals surface area contributed by atoms with Gasteiger partial charge >= 0.3 is 0 Å². The highest BCUT2D eigenvalue weighted by Gasteiger charge is 2.16. The van der Waals surface area contributed by atoms with E-state index in [2.05, 4.69) is 18.3 Å². The first-order valence-electron chi connectivity index (χ1n) is 4.27. The third kappa shape index (κ3) is 1.23. The van der Waals surface area contributed by atoms with Gasteiger partial charge in [0.15, 0.2) is 0 Å². The maximum atomic E-state index is 6.07. The lowest BCUT2D eigenvalue weighted by molar-refractivity contribution is 0.571. The predicted molar refractivity (Wildman–Crippen MR) is 51.6 cm³/mol. The average molecular weight is 182 g/mol. The molecule has 1 unspecified atom stereocenters. The molecule has 1 aromatic rings. The average Bonchev–Trinajstić information content (AvgIpc) is 2.07. The second-order valence-electron chi connectivity index (χ2n) is 3.34. The Morgan fingerprint density at radius 1 is 1.50 bits per heavy atom. The minimum absolute atomic E-state index is 0.590. The van der Waals surface area contributed by atoms with E-state index in [1.807, 2.05) is 12.1 Å². The summed E-state index contributed by atoms with van der Waals surface area (Å²) in [4.78, 5) is 0. The normalized spacial score (nSPS) is 22.0. The fourth-order valence-electron chi connectivity index (χ4n) is 1.75. The molecule has 1 aromatic carbocycles. The molecule has 1 nitrogen and oxygen atoms in total. The quantitative estimate of drug-likeness (QED) is 0.649. The van der Waals surface area contributed by atoms with Gasteiger partial charge < -0.3 is 5.32 Å². The molecular weight excluding hydrogens is 170 g/mol. The van der Waals surface area contributed by atoms with Gasteiger partial charge in [0.05, 0.1) is 0 Å². The van der Waals surface area contributed by atoms with Gasteiger partial charge in [-0.25, -0.2) is 0 Å². The van der Waals surface area contributed by atoms with Crippen LogP contribution in [0.15, 0.2) is 18.2 Å². The van der Waals surface area contributed by atoms with Crippen molar-refractivity contribution >= 4 is 11.6 Å². The van der Waals surface area contributed by atoms with Crippen molar-refractivity contribution < 1.29 is 0 Å². The summed E-state index contributed by atoms with van der Waals surface area (Å²) in [6.07, 6.45) is 0. The van der Waals surface area contributed by atoms with E-state index in [1.54, 1.807) is 0 Å². The highest BCUT2D eigenvalue weighted by atomic mass is 35.5. The fraction of sp³-hybridized carbons (Fsp3) is 0.400. The number of fused-ring (bicyclic) bond motifs is 1. The molecule has 1 aliphatic rings. The molecule has 2 heteroatoms. The second kappa shape index (κ2) is 3.08. The van der Waals surface area contributed by atoms with Crippen molar-refractivity contribution in [3.63, 3.8) is 0 Å². The molecule has 0 radical (unpaired) electrons. The van der Waals surface area contributed by atoms with E-state index in [1.165, 1.54) is 11.1 Å². The molecule has 0 saturated heterocycles.